The van der Waals surface area contributed by atoms with Crippen molar-refractivity contribution in [3.8, 4) is 11.5 Å². The first-order valence-corrected chi connectivity index (χ1v) is 11.3. The number of nitrogens with one attached hydrogen (secondary N) is 1. The van der Waals surface area contributed by atoms with Crippen LogP contribution in [-0.4, -0.2) is 42.1 Å². The Morgan fingerprint density at radius 3 is 2.65 bits per heavy atom. The summed E-state index contributed by atoms with van der Waals surface area (Å²) in [6, 6.07) is 11.0. The van der Waals surface area contributed by atoms with Crippen LogP contribution in [0.5, 0.6) is 11.5 Å². The van der Waals surface area contributed by atoms with Crippen LogP contribution in [0.15, 0.2) is 47.5 Å². The number of anilines is 1. The zero-order valence-corrected chi connectivity index (χ0v) is 19.4. The molecule has 9 heteroatoms. The van der Waals surface area contributed by atoms with E-state index in [1.807, 2.05) is 24.3 Å². The third kappa shape index (κ3) is 5.03. The van der Waals surface area contributed by atoms with E-state index in [0.717, 1.165) is 24.2 Å². The molecule has 0 radical (unpaired) electrons. The number of carbonyl (C=O) groups excluding carboxylic acids is 2. The van der Waals surface area contributed by atoms with Gasteiger partial charge in [0.05, 0.1) is 31.4 Å². The number of aryl methyl sites for hydroxylation is 1. The van der Waals surface area contributed by atoms with Gasteiger partial charge in [0.15, 0.2) is 11.5 Å². The van der Waals surface area contributed by atoms with E-state index in [9.17, 15) is 14.4 Å². The predicted molar refractivity (Wildman–Crippen MR) is 128 cm³/mol. The number of rotatable bonds is 9. The lowest BCUT2D eigenvalue weighted by Crippen LogP contribution is -2.25. The van der Waals surface area contributed by atoms with Gasteiger partial charge < -0.3 is 19.7 Å². The number of fused-ring (bicyclic) bond motifs is 1. The predicted octanol–water partition coefficient (Wildman–Crippen LogP) is 2.64. The molecule has 4 rings (SSSR count). The van der Waals surface area contributed by atoms with Crippen molar-refractivity contribution in [2.45, 2.75) is 38.8 Å². The highest BCUT2D eigenvalue weighted by Gasteiger charge is 2.21. The Morgan fingerprint density at radius 2 is 1.91 bits per heavy atom. The molecule has 178 valence electrons. The number of methoxy groups -OCH3 is 2. The van der Waals surface area contributed by atoms with Crippen molar-refractivity contribution in [3.05, 3.63) is 58.6 Å². The second kappa shape index (κ2) is 10.4. The maximum atomic E-state index is 12.8. The highest BCUT2D eigenvalue weighted by molar-refractivity contribution is 5.95. The summed E-state index contributed by atoms with van der Waals surface area (Å²) in [6.45, 7) is 1.49. The largest absolute Gasteiger partial charge is 0.493 e. The molecule has 0 aliphatic carbocycles. The molecule has 0 spiro atoms. The van der Waals surface area contributed by atoms with Crippen molar-refractivity contribution in [1.82, 2.24) is 14.9 Å². The molecule has 0 bridgehead atoms. The third-order valence-corrected chi connectivity index (χ3v) is 5.92. The molecule has 0 unspecified atom stereocenters. The van der Waals surface area contributed by atoms with Gasteiger partial charge in [0.2, 0.25) is 11.8 Å². The first-order chi connectivity index (χ1) is 16.5. The number of hydrogen-bond donors (Lipinski definition) is 1. The highest BCUT2D eigenvalue weighted by atomic mass is 16.5. The molecule has 3 aromatic rings. The molecule has 0 atom stereocenters. The number of carbonyl (C=O) groups is 2. The van der Waals surface area contributed by atoms with Crippen molar-refractivity contribution in [1.29, 1.82) is 0 Å². The first kappa shape index (κ1) is 23.3. The SMILES string of the molecule is COc1cc2ncn(CCCC(=O)NCc3cccc(N4CCCC4=O)c3)c(=O)c2cc1OC. The standard InChI is InChI=1S/C25H28N4O5/c1-33-21-13-19-20(14-22(21)34-2)27-16-28(25(19)32)10-4-8-23(30)26-15-17-6-3-7-18(12-17)29-11-5-9-24(29)31/h3,6-7,12-14,16H,4-5,8-11,15H2,1-2H3,(H,26,30). The highest BCUT2D eigenvalue weighted by Crippen LogP contribution is 2.29. The molecule has 9 nitrogen and oxygen atoms in total. The van der Waals surface area contributed by atoms with Gasteiger partial charge in [-0.2, -0.15) is 0 Å². The minimum atomic E-state index is -0.195. The Balaban J connectivity index is 1.32. The summed E-state index contributed by atoms with van der Waals surface area (Å²) >= 11 is 0. The van der Waals surface area contributed by atoms with Gasteiger partial charge in [-0.3, -0.25) is 19.0 Å². The van der Waals surface area contributed by atoms with Crippen LogP contribution >= 0.6 is 0 Å². The number of benzene rings is 2. The van der Waals surface area contributed by atoms with Gasteiger partial charge in [0.25, 0.3) is 5.56 Å². The van der Waals surface area contributed by atoms with Crippen molar-refractivity contribution in [2.24, 2.45) is 0 Å². The molecule has 0 saturated carbocycles. The van der Waals surface area contributed by atoms with Gasteiger partial charge in [-0.05, 0) is 36.6 Å². The van der Waals surface area contributed by atoms with Crippen LogP contribution in [0.25, 0.3) is 10.9 Å². The number of amides is 2. The monoisotopic (exact) mass is 464 g/mol. The molecule has 1 N–H and O–H groups in total. The minimum absolute atomic E-state index is 0.101. The van der Waals surface area contributed by atoms with E-state index in [4.69, 9.17) is 9.47 Å². The smallest absolute Gasteiger partial charge is 0.261 e. The van der Waals surface area contributed by atoms with Crippen molar-refractivity contribution >= 4 is 28.4 Å². The molecular weight excluding hydrogens is 436 g/mol. The Hall–Kier alpha value is -3.88. The molecule has 1 saturated heterocycles. The number of nitrogens with zero attached hydrogens (tertiary/aromatic N) is 3. The van der Waals surface area contributed by atoms with E-state index in [2.05, 4.69) is 10.3 Å². The van der Waals surface area contributed by atoms with Crippen LogP contribution in [0.2, 0.25) is 0 Å². The maximum Gasteiger partial charge on any atom is 0.261 e. The van der Waals surface area contributed by atoms with Crippen molar-refractivity contribution in [3.63, 3.8) is 0 Å². The molecular formula is C25H28N4O5. The third-order valence-electron chi connectivity index (χ3n) is 5.92. The topological polar surface area (TPSA) is 103 Å². The Labute approximate surface area is 197 Å². The van der Waals surface area contributed by atoms with E-state index >= 15 is 0 Å². The van der Waals surface area contributed by atoms with E-state index in [-0.39, 0.29) is 23.8 Å². The van der Waals surface area contributed by atoms with Crippen LogP contribution in [0.3, 0.4) is 0 Å². The zero-order valence-electron chi connectivity index (χ0n) is 19.4. The average molecular weight is 465 g/mol. The first-order valence-electron chi connectivity index (χ1n) is 11.3. The number of aromatic nitrogens is 2. The van der Waals surface area contributed by atoms with Crippen molar-refractivity contribution < 1.29 is 19.1 Å². The quantitative estimate of drug-likeness (QED) is 0.522. The normalized spacial score (nSPS) is 13.4. The molecule has 1 fully saturated rings. The van der Waals surface area contributed by atoms with Crippen molar-refractivity contribution in [2.75, 3.05) is 25.7 Å². The molecule has 2 amide bonds. The average Bonchev–Trinajstić information content (AvgIpc) is 3.29. The summed E-state index contributed by atoms with van der Waals surface area (Å²) in [6.07, 6.45) is 3.71. The molecule has 34 heavy (non-hydrogen) atoms. The summed E-state index contributed by atoms with van der Waals surface area (Å²) < 4.78 is 12.0. The number of ether oxygens (including phenoxy) is 2. The van der Waals surface area contributed by atoms with Crippen LogP contribution in [-0.2, 0) is 22.7 Å². The lowest BCUT2D eigenvalue weighted by molar-refractivity contribution is -0.121. The Kier molecular flexibility index (Phi) is 7.10. The van der Waals surface area contributed by atoms with Gasteiger partial charge in [-0.15, -0.1) is 0 Å². The van der Waals surface area contributed by atoms with Gasteiger partial charge in [0.1, 0.15) is 0 Å². The van der Waals surface area contributed by atoms with Crippen LogP contribution in [0.4, 0.5) is 5.69 Å². The van der Waals surface area contributed by atoms with E-state index in [1.165, 1.54) is 25.1 Å². The fourth-order valence-electron chi connectivity index (χ4n) is 4.10. The second-order valence-corrected chi connectivity index (χ2v) is 8.17. The minimum Gasteiger partial charge on any atom is -0.493 e. The molecule has 2 aromatic carbocycles. The van der Waals surface area contributed by atoms with Gasteiger partial charge in [-0.25, -0.2) is 4.98 Å². The summed E-state index contributed by atoms with van der Waals surface area (Å²) in [7, 11) is 3.04. The Morgan fingerprint density at radius 1 is 1.12 bits per heavy atom. The summed E-state index contributed by atoms with van der Waals surface area (Å²) in [4.78, 5) is 43.3. The Bertz CT molecular complexity index is 1270. The van der Waals surface area contributed by atoms with Crippen LogP contribution in [0.1, 0.15) is 31.2 Å². The second-order valence-electron chi connectivity index (χ2n) is 8.17. The lowest BCUT2D eigenvalue weighted by Gasteiger charge is -2.16. The molecule has 1 aromatic heterocycles. The molecule has 1 aliphatic heterocycles. The summed E-state index contributed by atoms with van der Waals surface area (Å²) in [5, 5.41) is 3.34. The van der Waals surface area contributed by atoms with E-state index < -0.39 is 0 Å². The zero-order chi connectivity index (χ0) is 24.1. The van der Waals surface area contributed by atoms with Gasteiger partial charge in [-0.1, -0.05) is 12.1 Å². The molecule has 2 heterocycles. The van der Waals surface area contributed by atoms with Gasteiger partial charge in [0, 0.05) is 44.2 Å². The summed E-state index contributed by atoms with van der Waals surface area (Å²) in [5.41, 5.74) is 2.13. The lowest BCUT2D eigenvalue weighted by atomic mass is 10.2. The summed E-state index contributed by atoms with van der Waals surface area (Å²) in [5.74, 6) is 1.01. The maximum absolute atomic E-state index is 12.8. The fourth-order valence-corrected chi connectivity index (χ4v) is 4.10. The van der Waals surface area contributed by atoms with Gasteiger partial charge >= 0.3 is 0 Å². The van der Waals surface area contributed by atoms with E-state index in [0.29, 0.717) is 48.3 Å². The molecule has 1 aliphatic rings. The van der Waals surface area contributed by atoms with Crippen LogP contribution < -0.4 is 25.2 Å². The fraction of sp³-hybridized carbons (Fsp3) is 0.360. The number of hydrogen-bond acceptors (Lipinski definition) is 6. The van der Waals surface area contributed by atoms with E-state index in [1.54, 1.807) is 17.0 Å². The van der Waals surface area contributed by atoms with Crippen LogP contribution in [0, 0.1) is 0 Å².